The average molecular weight is 357 g/mol. The lowest BCUT2D eigenvalue weighted by Crippen LogP contribution is -2.44. The van der Waals surface area contributed by atoms with Gasteiger partial charge in [-0.15, -0.1) is 0 Å². The van der Waals surface area contributed by atoms with Crippen molar-refractivity contribution in [1.82, 2.24) is 5.32 Å². The van der Waals surface area contributed by atoms with E-state index in [0.29, 0.717) is 13.2 Å². The molecular weight excluding hydrogens is 330 g/mol. The van der Waals surface area contributed by atoms with Crippen molar-refractivity contribution in [3.8, 4) is 5.75 Å². The Morgan fingerprint density at radius 1 is 1.12 bits per heavy atom. The SMILES string of the molecule is Cc1cccc(COc2c(C)cc(CNCC(C)(O)C(=O)O)cc2C)c1. The van der Waals surface area contributed by atoms with E-state index in [1.165, 1.54) is 12.5 Å². The van der Waals surface area contributed by atoms with Gasteiger partial charge in [-0.2, -0.15) is 0 Å². The summed E-state index contributed by atoms with van der Waals surface area (Å²) in [5.74, 6) is -0.370. The van der Waals surface area contributed by atoms with Crippen LogP contribution in [0.3, 0.4) is 0 Å². The van der Waals surface area contributed by atoms with E-state index in [2.05, 4.69) is 24.4 Å². The zero-order valence-corrected chi connectivity index (χ0v) is 15.8. The van der Waals surface area contributed by atoms with E-state index in [1.54, 1.807) is 0 Å². The number of hydrogen-bond donors (Lipinski definition) is 3. The number of aliphatic hydroxyl groups is 1. The number of hydrogen-bond acceptors (Lipinski definition) is 4. The van der Waals surface area contributed by atoms with Gasteiger partial charge in [-0.1, -0.05) is 42.0 Å². The molecule has 3 N–H and O–H groups in total. The lowest BCUT2D eigenvalue weighted by atomic mass is 10.0. The monoisotopic (exact) mass is 357 g/mol. The van der Waals surface area contributed by atoms with Crippen LogP contribution in [-0.4, -0.2) is 28.3 Å². The Hall–Kier alpha value is -2.37. The average Bonchev–Trinajstić information content (AvgIpc) is 2.54. The quantitative estimate of drug-likeness (QED) is 0.676. The maximum Gasteiger partial charge on any atom is 0.336 e. The summed E-state index contributed by atoms with van der Waals surface area (Å²) in [7, 11) is 0. The van der Waals surface area contributed by atoms with Crippen LogP contribution in [0.5, 0.6) is 5.75 Å². The third-order valence-electron chi connectivity index (χ3n) is 4.24. The molecule has 5 nitrogen and oxygen atoms in total. The Balaban J connectivity index is 2.00. The lowest BCUT2D eigenvalue weighted by Gasteiger charge is -2.19. The molecule has 0 fully saturated rings. The van der Waals surface area contributed by atoms with Crippen molar-refractivity contribution in [2.45, 2.75) is 46.4 Å². The molecule has 0 aliphatic carbocycles. The second kappa shape index (κ2) is 8.34. The van der Waals surface area contributed by atoms with E-state index in [-0.39, 0.29) is 6.54 Å². The van der Waals surface area contributed by atoms with Crippen LogP contribution in [0.1, 0.15) is 34.7 Å². The van der Waals surface area contributed by atoms with Gasteiger partial charge in [0.05, 0.1) is 0 Å². The van der Waals surface area contributed by atoms with Crippen LogP contribution in [0.4, 0.5) is 0 Å². The van der Waals surface area contributed by atoms with Crippen molar-refractivity contribution in [2.24, 2.45) is 0 Å². The summed E-state index contributed by atoms with van der Waals surface area (Å²) < 4.78 is 6.02. The molecule has 0 radical (unpaired) electrons. The number of rotatable bonds is 8. The number of carboxylic acid groups (broad SMARTS) is 1. The molecular formula is C21H27NO4. The first-order valence-electron chi connectivity index (χ1n) is 8.64. The van der Waals surface area contributed by atoms with Crippen LogP contribution >= 0.6 is 0 Å². The van der Waals surface area contributed by atoms with Crippen molar-refractivity contribution in [3.05, 3.63) is 64.2 Å². The van der Waals surface area contributed by atoms with Gasteiger partial charge >= 0.3 is 5.97 Å². The minimum atomic E-state index is -1.78. The Morgan fingerprint density at radius 2 is 1.77 bits per heavy atom. The van der Waals surface area contributed by atoms with E-state index >= 15 is 0 Å². The van der Waals surface area contributed by atoms with E-state index in [4.69, 9.17) is 9.84 Å². The Bertz CT molecular complexity index is 760. The molecule has 140 valence electrons. The molecule has 5 heteroatoms. The van der Waals surface area contributed by atoms with Gasteiger partial charge in [0.25, 0.3) is 0 Å². The Morgan fingerprint density at radius 3 is 2.35 bits per heavy atom. The van der Waals surface area contributed by atoms with Crippen molar-refractivity contribution in [1.29, 1.82) is 0 Å². The van der Waals surface area contributed by atoms with Crippen molar-refractivity contribution >= 4 is 5.97 Å². The molecule has 2 aromatic carbocycles. The van der Waals surface area contributed by atoms with Gasteiger partial charge < -0.3 is 20.3 Å². The van der Waals surface area contributed by atoms with Gasteiger partial charge in [-0.05, 0) is 49.9 Å². The zero-order valence-electron chi connectivity index (χ0n) is 15.8. The number of aliphatic carboxylic acids is 1. The van der Waals surface area contributed by atoms with Gasteiger partial charge in [-0.25, -0.2) is 4.79 Å². The highest BCUT2D eigenvalue weighted by atomic mass is 16.5. The van der Waals surface area contributed by atoms with E-state index < -0.39 is 11.6 Å². The predicted octanol–water partition coefficient (Wildman–Crippen LogP) is 3.12. The van der Waals surface area contributed by atoms with Gasteiger partial charge in [0, 0.05) is 13.1 Å². The molecule has 2 aromatic rings. The Labute approximate surface area is 154 Å². The summed E-state index contributed by atoms with van der Waals surface area (Å²) in [5, 5.41) is 21.7. The predicted molar refractivity (Wildman–Crippen MR) is 101 cm³/mol. The maximum absolute atomic E-state index is 10.9. The van der Waals surface area contributed by atoms with Crippen molar-refractivity contribution in [2.75, 3.05) is 6.54 Å². The lowest BCUT2D eigenvalue weighted by molar-refractivity contribution is -0.156. The molecule has 0 aromatic heterocycles. The van der Waals surface area contributed by atoms with Crippen molar-refractivity contribution < 1.29 is 19.7 Å². The number of benzene rings is 2. The van der Waals surface area contributed by atoms with E-state index in [9.17, 15) is 9.90 Å². The van der Waals surface area contributed by atoms with Crippen LogP contribution in [0.2, 0.25) is 0 Å². The summed E-state index contributed by atoms with van der Waals surface area (Å²) in [4.78, 5) is 10.9. The number of ether oxygens (including phenoxy) is 1. The topological polar surface area (TPSA) is 78.8 Å². The minimum Gasteiger partial charge on any atom is -0.488 e. The van der Waals surface area contributed by atoms with Gasteiger partial charge in [-0.3, -0.25) is 0 Å². The number of carboxylic acids is 1. The summed E-state index contributed by atoms with van der Waals surface area (Å²) in [6.45, 7) is 8.30. The molecule has 0 aliphatic rings. The first kappa shape index (κ1) is 19.9. The first-order chi connectivity index (χ1) is 12.2. The molecule has 26 heavy (non-hydrogen) atoms. The van der Waals surface area contributed by atoms with E-state index in [0.717, 1.165) is 28.0 Å². The zero-order chi connectivity index (χ0) is 19.3. The fourth-order valence-electron chi connectivity index (χ4n) is 2.85. The van der Waals surface area contributed by atoms with E-state index in [1.807, 2.05) is 38.1 Å². The fourth-order valence-corrected chi connectivity index (χ4v) is 2.85. The molecule has 0 bridgehead atoms. The number of nitrogens with one attached hydrogen (secondary N) is 1. The molecule has 1 atom stereocenters. The normalized spacial score (nSPS) is 13.3. The highest BCUT2D eigenvalue weighted by molar-refractivity contribution is 5.76. The maximum atomic E-state index is 10.9. The minimum absolute atomic E-state index is 0.0218. The summed E-state index contributed by atoms with van der Waals surface area (Å²) in [5.41, 5.74) is 3.63. The third-order valence-corrected chi connectivity index (χ3v) is 4.24. The smallest absolute Gasteiger partial charge is 0.336 e. The van der Waals surface area contributed by atoms with Crippen LogP contribution in [0.15, 0.2) is 36.4 Å². The molecule has 1 unspecified atom stereocenters. The third kappa shape index (κ3) is 5.31. The van der Waals surface area contributed by atoms with Crippen LogP contribution in [0.25, 0.3) is 0 Å². The summed E-state index contributed by atoms with van der Waals surface area (Å²) >= 11 is 0. The molecule has 2 rings (SSSR count). The second-order valence-electron chi connectivity index (χ2n) is 7.02. The first-order valence-corrected chi connectivity index (χ1v) is 8.64. The number of carbonyl (C=O) groups is 1. The fraction of sp³-hybridized carbons (Fsp3) is 0.381. The second-order valence-corrected chi connectivity index (χ2v) is 7.02. The molecule has 0 saturated heterocycles. The summed E-state index contributed by atoms with van der Waals surface area (Å²) in [6.07, 6.45) is 0. The molecule has 0 aliphatic heterocycles. The van der Waals surface area contributed by atoms with Crippen LogP contribution < -0.4 is 10.1 Å². The number of aryl methyl sites for hydroxylation is 3. The molecule has 0 saturated carbocycles. The largest absolute Gasteiger partial charge is 0.488 e. The summed E-state index contributed by atoms with van der Waals surface area (Å²) in [6, 6.07) is 12.3. The van der Waals surface area contributed by atoms with Crippen molar-refractivity contribution in [3.63, 3.8) is 0 Å². The standard InChI is InChI=1S/C21H27NO4/c1-14-6-5-7-17(8-14)12-26-19-15(2)9-18(10-16(19)3)11-22-13-21(4,25)20(23)24/h5-10,22,25H,11-13H2,1-4H3,(H,23,24). The molecule has 0 amide bonds. The van der Waals surface area contributed by atoms with Gasteiger partial charge in [0.1, 0.15) is 12.4 Å². The van der Waals surface area contributed by atoms with Gasteiger partial charge in [0.15, 0.2) is 5.60 Å². The van der Waals surface area contributed by atoms with Crippen LogP contribution in [-0.2, 0) is 17.9 Å². The Kier molecular flexibility index (Phi) is 6.40. The molecule has 0 spiro atoms. The highest BCUT2D eigenvalue weighted by Crippen LogP contribution is 2.26. The van der Waals surface area contributed by atoms with Gasteiger partial charge in [0.2, 0.25) is 0 Å². The van der Waals surface area contributed by atoms with Crippen LogP contribution in [0, 0.1) is 20.8 Å². The highest BCUT2D eigenvalue weighted by Gasteiger charge is 2.29. The molecule has 0 heterocycles.